The van der Waals surface area contributed by atoms with Crippen molar-refractivity contribution in [2.45, 2.75) is 50.4 Å². The normalized spacial score (nSPS) is 23.4. The van der Waals surface area contributed by atoms with Gasteiger partial charge in [-0.05, 0) is 12.8 Å². The van der Waals surface area contributed by atoms with E-state index in [2.05, 4.69) is 5.32 Å². The number of urea groups is 1. The summed E-state index contributed by atoms with van der Waals surface area (Å²) in [4.78, 5) is 15.3. The number of rotatable bonds is 3. The van der Waals surface area contributed by atoms with Crippen molar-refractivity contribution in [3.63, 3.8) is 0 Å². The summed E-state index contributed by atoms with van der Waals surface area (Å²) in [5.74, 6) is 0. The zero-order valence-corrected chi connectivity index (χ0v) is 12.6. The van der Waals surface area contributed by atoms with E-state index in [0.717, 1.165) is 25.7 Å². The highest BCUT2D eigenvalue weighted by molar-refractivity contribution is 5.74. The van der Waals surface area contributed by atoms with Gasteiger partial charge in [0, 0.05) is 38.8 Å². The molecule has 2 amide bonds. The van der Waals surface area contributed by atoms with E-state index in [-0.39, 0.29) is 12.1 Å². The number of hydrogen-bond acceptors (Lipinski definition) is 3. The van der Waals surface area contributed by atoms with E-state index in [1.807, 2.05) is 0 Å². The lowest BCUT2D eigenvalue weighted by molar-refractivity contribution is -0.208. The first-order valence-corrected chi connectivity index (χ1v) is 7.89. The number of carbonyl (C=O) groups excluding carboxylic acids is 1. The fraction of sp³-hybridized carbons (Fsp3) is 0.929. The van der Waals surface area contributed by atoms with Crippen LogP contribution < -0.4 is 5.32 Å². The number of hydrogen-bond donors (Lipinski definition) is 2. The van der Waals surface area contributed by atoms with Crippen molar-refractivity contribution in [1.82, 2.24) is 15.1 Å². The Morgan fingerprint density at radius 1 is 1.14 bits per heavy atom. The Balaban J connectivity index is 1.71. The number of nitrogens with one attached hydrogen (secondary N) is 1. The van der Waals surface area contributed by atoms with E-state index in [1.54, 1.807) is 9.80 Å². The zero-order chi connectivity index (χ0) is 16.2. The number of carbonyl (C=O) groups is 1. The second-order valence-corrected chi connectivity index (χ2v) is 6.13. The standard InChI is InChI=1S/C14H24F3N3O2/c15-14(16,17)12(21)10-19-6-8-20(9-7-19)13(22)18-11-4-2-1-3-5-11/h11-12,21H,1-10H2,(H,18,22). The van der Waals surface area contributed by atoms with E-state index in [0.29, 0.717) is 26.2 Å². The number of aliphatic hydroxyl groups excluding tert-OH is 1. The molecule has 2 aliphatic rings. The van der Waals surface area contributed by atoms with Crippen LogP contribution in [0.4, 0.5) is 18.0 Å². The Labute approximate surface area is 128 Å². The van der Waals surface area contributed by atoms with Gasteiger partial charge in [-0.15, -0.1) is 0 Å². The first-order valence-electron chi connectivity index (χ1n) is 7.89. The van der Waals surface area contributed by atoms with Gasteiger partial charge in [-0.2, -0.15) is 13.2 Å². The van der Waals surface area contributed by atoms with Crippen molar-refractivity contribution in [3.8, 4) is 0 Å². The smallest absolute Gasteiger partial charge is 0.382 e. The molecule has 128 valence electrons. The summed E-state index contributed by atoms with van der Waals surface area (Å²) >= 11 is 0. The highest BCUT2D eigenvalue weighted by Gasteiger charge is 2.39. The average Bonchev–Trinajstić information content (AvgIpc) is 2.48. The lowest BCUT2D eigenvalue weighted by Gasteiger charge is -2.36. The molecule has 0 aromatic rings. The fourth-order valence-electron chi connectivity index (χ4n) is 2.99. The van der Waals surface area contributed by atoms with Gasteiger partial charge in [-0.1, -0.05) is 19.3 Å². The Kier molecular flexibility index (Phi) is 5.91. The molecule has 2 rings (SSSR count). The summed E-state index contributed by atoms with van der Waals surface area (Å²) in [5, 5.41) is 12.1. The van der Waals surface area contributed by atoms with Crippen LogP contribution in [0.1, 0.15) is 32.1 Å². The summed E-state index contributed by atoms with van der Waals surface area (Å²) in [7, 11) is 0. The molecule has 8 heteroatoms. The van der Waals surface area contributed by atoms with Gasteiger partial charge < -0.3 is 15.3 Å². The Hall–Kier alpha value is -1.02. The summed E-state index contributed by atoms with van der Waals surface area (Å²) in [6, 6.07) is 0.106. The number of alkyl halides is 3. The van der Waals surface area contributed by atoms with Crippen LogP contribution in [0.5, 0.6) is 0 Å². The lowest BCUT2D eigenvalue weighted by Crippen LogP contribution is -2.55. The van der Waals surface area contributed by atoms with Gasteiger partial charge in [0.15, 0.2) is 6.10 Å². The van der Waals surface area contributed by atoms with Gasteiger partial charge in [0.25, 0.3) is 0 Å². The van der Waals surface area contributed by atoms with Gasteiger partial charge in [0.1, 0.15) is 0 Å². The molecule has 0 spiro atoms. The molecular formula is C14H24F3N3O2. The predicted octanol–water partition coefficient (Wildman–Crippen LogP) is 1.57. The van der Waals surface area contributed by atoms with E-state index in [4.69, 9.17) is 5.11 Å². The van der Waals surface area contributed by atoms with E-state index in [9.17, 15) is 18.0 Å². The number of β-amino-alcohol motifs (C(OH)–C–C–N with tert-alkyl or cyclic N) is 1. The number of piperazine rings is 1. The molecule has 1 aliphatic carbocycles. The quantitative estimate of drug-likeness (QED) is 0.829. The van der Waals surface area contributed by atoms with E-state index >= 15 is 0 Å². The Morgan fingerprint density at radius 2 is 1.73 bits per heavy atom. The van der Waals surface area contributed by atoms with E-state index in [1.165, 1.54) is 6.42 Å². The monoisotopic (exact) mass is 323 g/mol. The Morgan fingerprint density at radius 3 is 2.27 bits per heavy atom. The number of nitrogens with zero attached hydrogens (tertiary/aromatic N) is 2. The van der Waals surface area contributed by atoms with Crippen molar-refractivity contribution in [2.75, 3.05) is 32.7 Å². The molecule has 5 nitrogen and oxygen atoms in total. The van der Waals surface area contributed by atoms with Gasteiger partial charge in [-0.3, -0.25) is 4.90 Å². The minimum Gasteiger partial charge on any atom is -0.382 e. The van der Waals surface area contributed by atoms with Gasteiger partial charge in [0.05, 0.1) is 0 Å². The van der Waals surface area contributed by atoms with Crippen LogP contribution in [0.15, 0.2) is 0 Å². The van der Waals surface area contributed by atoms with Crippen LogP contribution in [0, 0.1) is 0 Å². The first kappa shape index (κ1) is 17.3. The lowest BCUT2D eigenvalue weighted by atomic mass is 9.96. The third-order valence-electron chi connectivity index (χ3n) is 4.40. The Bertz CT molecular complexity index is 365. The van der Waals surface area contributed by atoms with Gasteiger partial charge >= 0.3 is 12.2 Å². The number of amides is 2. The first-order chi connectivity index (χ1) is 10.4. The maximum atomic E-state index is 12.3. The molecule has 1 heterocycles. The third-order valence-corrected chi connectivity index (χ3v) is 4.40. The van der Waals surface area contributed by atoms with Crippen molar-refractivity contribution in [1.29, 1.82) is 0 Å². The minimum absolute atomic E-state index is 0.122. The van der Waals surface area contributed by atoms with Crippen molar-refractivity contribution >= 4 is 6.03 Å². The highest BCUT2D eigenvalue weighted by Crippen LogP contribution is 2.21. The molecule has 0 aromatic heterocycles. The highest BCUT2D eigenvalue weighted by atomic mass is 19.4. The second kappa shape index (κ2) is 7.50. The molecule has 2 N–H and O–H groups in total. The summed E-state index contributed by atoms with van der Waals surface area (Å²) in [6.07, 6.45) is -1.42. The van der Waals surface area contributed by atoms with Crippen LogP contribution in [0.2, 0.25) is 0 Å². The molecule has 0 aromatic carbocycles. The van der Waals surface area contributed by atoms with Crippen LogP contribution >= 0.6 is 0 Å². The fourth-order valence-corrected chi connectivity index (χ4v) is 2.99. The van der Waals surface area contributed by atoms with Crippen molar-refractivity contribution < 1.29 is 23.1 Å². The molecule has 0 radical (unpaired) electrons. The summed E-state index contributed by atoms with van der Waals surface area (Å²) in [5.41, 5.74) is 0. The molecule has 1 saturated heterocycles. The average molecular weight is 323 g/mol. The SMILES string of the molecule is O=C(NC1CCCCC1)N1CCN(CC(O)C(F)(F)F)CC1. The van der Waals surface area contributed by atoms with Gasteiger partial charge in [-0.25, -0.2) is 4.79 Å². The molecule has 1 aliphatic heterocycles. The van der Waals surface area contributed by atoms with Crippen LogP contribution in [0.25, 0.3) is 0 Å². The maximum Gasteiger partial charge on any atom is 0.415 e. The third kappa shape index (κ3) is 5.01. The molecular weight excluding hydrogens is 299 g/mol. The van der Waals surface area contributed by atoms with Crippen LogP contribution in [-0.4, -0.2) is 72.0 Å². The molecule has 1 atom stereocenters. The van der Waals surface area contributed by atoms with Crippen molar-refractivity contribution in [2.24, 2.45) is 0 Å². The zero-order valence-electron chi connectivity index (χ0n) is 12.6. The second-order valence-electron chi connectivity index (χ2n) is 6.13. The largest absolute Gasteiger partial charge is 0.415 e. The molecule has 1 saturated carbocycles. The molecule has 1 unspecified atom stereocenters. The van der Waals surface area contributed by atoms with Crippen LogP contribution in [0.3, 0.4) is 0 Å². The summed E-state index contributed by atoms with van der Waals surface area (Å²) < 4.78 is 37.0. The minimum atomic E-state index is -4.59. The molecule has 2 fully saturated rings. The number of aliphatic hydroxyl groups is 1. The number of halogens is 3. The topological polar surface area (TPSA) is 55.8 Å². The maximum absolute atomic E-state index is 12.3. The predicted molar refractivity (Wildman–Crippen MR) is 75.5 cm³/mol. The summed E-state index contributed by atoms with van der Waals surface area (Å²) in [6.45, 7) is 1.06. The molecule has 0 bridgehead atoms. The van der Waals surface area contributed by atoms with Crippen LogP contribution in [-0.2, 0) is 0 Å². The van der Waals surface area contributed by atoms with Crippen molar-refractivity contribution in [3.05, 3.63) is 0 Å². The molecule has 22 heavy (non-hydrogen) atoms. The van der Waals surface area contributed by atoms with Gasteiger partial charge in [0.2, 0.25) is 0 Å². The van der Waals surface area contributed by atoms with E-state index < -0.39 is 18.8 Å².